The number of hydrogen-bond donors (Lipinski definition) is 1. The fourth-order valence-corrected chi connectivity index (χ4v) is 3.53. The monoisotopic (exact) mass is 468 g/mol. The molecular weight excluding hydrogens is 441 g/mol. The first-order valence-electron chi connectivity index (χ1n) is 10.6. The maximum atomic E-state index is 13.2. The van der Waals surface area contributed by atoms with Crippen LogP contribution in [0.5, 0.6) is 0 Å². The molecule has 1 saturated heterocycles. The molecule has 0 radical (unpaired) electrons. The number of nitrogens with one attached hydrogen (secondary N) is 1. The second-order valence-electron chi connectivity index (χ2n) is 7.85. The number of ether oxygens (including phenoxy) is 2. The zero-order chi connectivity index (χ0) is 24.2. The molecule has 0 spiro atoms. The molecule has 1 aromatic heterocycles. The van der Waals surface area contributed by atoms with E-state index >= 15 is 0 Å². The average Bonchev–Trinajstić information content (AvgIpc) is 3.09. The van der Waals surface area contributed by atoms with Crippen molar-refractivity contribution >= 4 is 23.3 Å². The molecule has 1 fully saturated rings. The summed E-state index contributed by atoms with van der Waals surface area (Å²) in [5, 5.41) is 6.75. The maximum Gasteiger partial charge on any atom is 0.416 e. The number of carbonyl (C=O) groups excluding carboxylic acids is 2. The highest BCUT2D eigenvalue weighted by molar-refractivity contribution is 5.98. The van der Waals surface area contributed by atoms with Crippen molar-refractivity contribution in [1.29, 1.82) is 0 Å². The van der Waals surface area contributed by atoms with Crippen LogP contribution in [-0.2, 0) is 31.8 Å². The molecule has 11 heteroatoms. The van der Waals surface area contributed by atoms with Gasteiger partial charge in [0, 0.05) is 18.8 Å². The van der Waals surface area contributed by atoms with Crippen LogP contribution < -0.4 is 10.2 Å². The molecule has 8 nitrogen and oxygen atoms in total. The van der Waals surface area contributed by atoms with E-state index in [1.807, 2.05) is 24.8 Å². The topological polar surface area (TPSA) is 85.7 Å². The summed E-state index contributed by atoms with van der Waals surface area (Å²) in [4.78, 5) is 26.7. The van der Waals surface area contributed by atoms with Gasteiger partial charge in [-0.1, -0.05) is 0 Å². The van der Waals surface area contributed by atoms with Crippen LogP contribution in [0.25, 0.3) is 0 Å². The minimum Gasteiger partial charge on any atom is -0.452 e. The first kappa shape index (κ1) is 24.6. The van der Waals surface area contributed by atoms with E-state index in [1.165, 1.54) is 13.0 Å². The number of benzene rings is 1. The van der Waals surface area contributed by atoms with Crippen molar-refractivity contribution in [2.24, 2.45) is 0 Å². The summed E-state index contributed by atoms with van der Waals surface area (Å²) in [6.45, 7) is 7.18. The SMILES string of the molecule is Cc1cc(C)n(CCC(=O)O[C@H](C)C(=O)Nc2cc(C(F)(F)F)ccc2N2CCOCC2)n1. The van der Waals surface area contributed by atoms with E-state index < -0.39 is 29.7 Å². The molecule has 0 unspecified atom stereocenters. The summed E-state index contributed by atoms with van der Waals surface area (Å²) in [7, 11) is 0. The van der Waals surface area contributed by atoms with Gasteiger partial charge in [-0.2, -0.15) is 18.3 Å². The van der Waals surface area contributed by atoms with E-state index in [9.17, 15) is 22.8 Å². The minimum atomic E-state index is -4.57. The van der Waals surface area contributed by atoms with E-state index in [0.29, 0.717) is 38.5 Å². The van der Waals surface area contributed by atoms with Crippen LogP contribution >= 0.6 is 0 Å². The highest BCUT2D eigenvalue weighted by Gasteiger charge is 2.32. The summed E-state index contributed by atoms with van der Waals surface area (Å²) in [5.41, 5.74) is 1.28. The molecule has 1 aromatic carbocycles. The Hall–Kier alpha value is -3.08. The Kier molecular flexibility index (Phi) is 7.62. The summed E-state index contributed by atoms with van der Waals surface area (Å²) in [6, 6.07) is 5.07. The molecule has 1 atom stereocenters. The number of halogens is 3. The van der Waals surface area contributed by atoms with E-state index in [0.717, 1.165) is 23.5 Å². The summed E-state index contributed by atoms with van der Waals surface area (Å²) < 4.78 is 51.9. The fourth-order valence-electron chi connectivity index (χ4n) is 3.53. The van der Waals surface area contributed by atoms with Gasteiger partial charge in [-0.3, -0.25) is 14.3 Å². The first-order chi connectivity index (χ1) is 15.5. The third-order valence-corrected chi connectivity index (χ3v) is 5.24. The highest BCUT2D eigenvalue weighted by Crippen LogP contribution is 2.36. The van der Waals surface area contributed by atoms with Gasteiger partial charge in [-0.15, -0.1) is 0 Å². The van der Waals surface area contributed by atoms with Crippen molar-refractivity contribution in [3.63, 3.8) is 0 Å². The van der Waals surface area contributed by atoms with Gasteiger partial charge in [0.25, 0.3) is 5.91 Å². The van der Waals surface area contributed by atoms with E-state index in [4.69, 9.17) is 9.47 Å². The lowest BCUT2D eigenvalue weighted by Crippen LogP contribution is -2.37. The van der Waals surface area contributed by atoms with Crippen LogP contribution in [0.2, 0.25) is 0 Å². The maximum absolute atomic E-state index is 13.2. The second-order valence-corrected chi connectivity index (χ2v) is 7.85. The molecule has 180 valence electrons. The van der Waals surface area contributed by atoms with Crippen molar-refractivity contribution in [2.75, 3.05) is 36.5 Å². The number of carbonyl (C=O) groups is 2. The van der Waals surface area contributed by atoms with Gasteiger partial charge in [0.2, 0.25) is 0 Å². The minimum absolute atomic E-state index is 0.00210. The molecule has 1 aliphatic heterocycles. The van der Waals surface area contributed by atoms with E-state index in [1.54, 1.807) is 4.68 Å². The van der Waals surface area contributed by atoms with Gasteiger partial charge in [0.1, 0.15) is 0 Å². The predicted octanol–water partition coefficient (Wildman–Crippen LogP) is 3.32. The van der Waals surface area contributed by atoms with Crippen LogP contribution in [0, 0.1) is 13.8 Å². The van der Waals surface area contributed by atoms with Crippen LogP contribution in [0.3, 0.4) is 0 Å². The van der Waals surface area contributed by atoms with E-state index in [-0.39, 0.29) is 12.1 Å². The normalized spacial score (nSPS) is 15.3. The number of amides is 1. The molecule has 0 bridgehead atoms. The van der Waals surface area contributed by atoms with Crippen LogP contribution in [0.4, 0.5) is 24.5 Å². The molecular formula is C22H27F3N4O4. The Balaban J connectivity index is 1.66. The van der Waals surface area contributed by atoms with Gasteiger partial charge in [0.15, 0.2) is 6.10 Å². The summed E-state index contributed by atoms with van der Waals surface area (Å²) in [6.07, 6.45) is -5.75. The molecule has 33 heavy (non-hydrogen) atoms. The predicted molar refractivity (Wildman–Crippen MR) is 115 cm³/mol. The van der Waals surface area contributed by atoms with Crippen molar-refractivity contribution in [3.8, 4) is 0 Å². The Bertz CT molecular complexity index is 1000. The lowest BCUT2D eigenvalue weighted by molar-refractivity contribution is -0.153. The standard InChI is InChI=1S/C22H27F3N4O4/c1-14-12-15(2)29(27-14)7-6-20(30)33-16(3)21(31)26-18-13-17(22(23,24)25)4-5-19(18)28-8-10-32-11-9-28/h4-5,12-13,16H,6-11H2,1-3H3,(H,26,31)/t16-/m1/s1. The molecule has 1 N–H and O–H groups in total. The van der Waals surface area contributed by atoms with Gasteiger partial charge in [-0.05, 0) is 45.0 Å². The number of nitrogens with zero attached hydrogens (tertiary/aromatic N) is 3. The molecule has 3 rings (SSSR count). The zero-order valence-corrected chi connectivity index (χ0v) is 18.7. The molecule has 2 aromatic rings. The lowest BCUT2D eigenvalue weighted by atomic mass is 10.1. The van der Waals surface area contributed by atoms with Crippen LogP contribution in [-0.4, -0.2) is 54.1 Å². The number of anilines is 2. The van der Waals surface area contributed by atoms with Gasteiger partial charge < -0.3 is 19.7 Å². The lowest BCUT2D eigenvalue weighted by Gasteiger charge is -2.31. The van der Waals surface area contributed by atoms with Crippen molar-refractivity contribution in [3.05, 3.63) is 41.2 Å². The molecule has 1 aliphatic rings. The summed E-state index contributed by atoms with van der Waals surface area (Å²) in [5.74, 6) is -1.33. The number of morpholine rings is 1. The van der Waals surface area contributed by atoms with Crippen molar-refractivity contribution < 1.29 is 32.2 Å². The Morgan fingerprint density at radius 3 is 2.52 bits per heavy atom. The van der Waals surface area contributed by atoms with Crippen LogP contribution in [0.15, 0.2) is 24.3 Å². The Morgan fingerprint density at radius 2 is 1.91 bits per heavy atom. The van der Waals surface area contributed by atoms with Crippen molar-refractivity contribution in [2.45, 2.75) is 46.0 Å². The third kappa shape index (κ3) is 6.47. The third-order valence-electron chi connectivity index (χ3n) is 5.24. The second kappa shape index (κ2) is 10.2. The quantitative estimate of drug-likeness (QED) is 0.628. The smallest absolute Gasteiger partial charge is 0.416 e. The number of alkyl halides is 3. The van der Waals surface area contributed by atoms with Crippen molar-refractivity contribution in [1.82, 2.24) is 9.78 Å². The Labute approximate surface area is 189 Å². The largest absolute Gasteiger partial charge is 0.452 e. The van der Waals surface area contributed by atoms with Crippen LogP contribution in [0.1, 0.15) is 30.3 Å². The first-order valence-corrected chi connectivity index (χ1v) is 10.6. The van der Waals surface area contributed by atoms with Gasteiger partial charge in [0.05, 0.1) is 48.8 Å². The summed E-state index contributed by atoms with van der Waals surface area (Å²) >= 11 is 0. The number of hydrogen-bond acceptors (Lipinski definition) is 6. The molecule has 0 saturated carbocycles. The molecule has 1 amide bonds. The number of esters is 1. The number of aromatic nitrogens is 2. The number of rotatable bonds is 7. The zero-order valence-electron chi connectivity index (χ0n) is 18.7. The van der Waals surface area contributed by atoms with E-state index in [2.05, 4.69) is 10.4 Å². The van der Waals surface area contributed by atoms with Gasteiger partial charge in [-0.25, -0.2) is 0 Å². The number of aryl methyl sites for hydroxylation is 3. The average molecular weight is 468 g/mol. The van der Waals surface area contributed by atoms with Gasteiger partial charge >= 0.3 is 12.1 Å². The molecule has 2 heterocycles. The Morgan fingerprint density at radius 1 is 1.21 bits per heavy atom. The fraction of sp³-hybridized carbons (Fsp3) is 0.500. The molecule has 0 aliphatic carbocycles. The highest BCUT2D eigenvalue weighted by atomic mass is 19.4.